The topological polar surface area (TPSA) is 85.2 Å². The van der Waals surface area contributed by atoms with Crippen molar-refractivity contribution in [2.24, 2.45) is 5.92 Å². The average Bonchev–Trinajstić information content (AvgIpc) is 3.44. The molecule has 11 heteroatoms. The summed E-state index contributed by atoms with van der Waals surface area (Å²) in [5, 5.41) is 9.73. The van der Waals surface area contributed by atoms with Gasteiger partial charge in [-0.3, -0.25) is 9.59 Å². The molecule has 190 valence electrons. The maximum Gasteiger partial charge on any atom is 0.416 e. The Morgan fingerprint density at radius 2 is 1.89 bits per heavy atom. The molecular weight excluding hydrogens is 480 g/mol. The molecular formula is C25H24F4N4O3. The highest BCUT2D eigenvalue weighted by molar-refractivity contribution is 5.97. The van der Waals surface area contributed by atoms with E-state index in [1.807, 2.05) is 0 Å². The number of rotatable bonds is 7. The minimum absolute atomic E-state index is 0.0691. The van der Waals surface area contributed by atoms with Crippen molar-refractivity contribution < 1.29 is 31.9 Å². The van der Waals surface area contributed by atoms with Crippen LogP contribution in [0.5, 0.6) is 0 Å². The van der Waals surface area contributed by atoms with Crippen LogP contribution in [0.25, 0.3) is 16.9 Å². The number of halogens is 4. The van der Waals surface area contributed by atoms with Gasteiger partial charge in [-0.2, -0.15) is 13.2 Å². The van der Waals surface area contributed by atoms with Gasteiger partial charge in [-0.25, -0.2) is 9.07 Å². The predicted octanol–water partition coefficient (Wildman–Crippen LogP) is 4.61. The quantitative estimate of drug-likeness (QED) is 0.461. The van der Waals surface area contributed by atoms with Crippen molar-refractivity contribution in [2.75, 3.05) is 11.9 Å². The standard InChI is InChI=1S/C25H24F4N4O3/c1-24(2,25(27,28)29)36-14-15-8-16(10-18(26)9-15)20-12-21(31-23(35)17-11-22(34)30-13-17)32-33(20)19-6-4-3-5-7-19/h3-10,12,17H,11,13-14H2,1-2H3,(H,30,34)(H,31,32,35)/t17-/m0/s1. The minimum Gasteiger partial charge on any atom is -0.361 e. The van der Waals surface area contributed by atoms with Gasteiger partial charge >= 0.3 is 6.18 Å². The largest absolute Gasteiger partial charge is 0.416 e. The van der Waals surface area contributed by atoms with E-state index in [2.05, 4.69) is 15.7 Å². The summed E-state index contributed by atoms with van der Waals surface area (Å²) in [5.41, 5.74) is -0.879. The fraction of sp³-hybridized carbons (Fsp3) is 0.320. The lowest BCUT2D eigenvalue weighted by atomic mass is 10.1. The molecule has 1 saturated heterocycles. The molecule has 0 unspecified atom stereocenters. The molecule has 1 fully saturated rings. The second-order valence-corrected chi connectivity index (χ2v) is 9.00. The highest BCUT2D eigenvalue weighted by Crippen LogP contribution is 2.34. The number of amides is 2. The third kappa shape index (κ3) is 5.56. The number of alkyl halides is 3. The summed E-state index contributed by atoms with van der Waals surface area (Å²) in [5.74, 6) is -1.64. The van der Waals surface area contributed by atoms with Crippen molar-refractivity contribution in [2.45, 2.75) is 38.7 Å². The molecule has 1 aliphatic heterocycles. The second kappa shape index (κ2) is 9.73. The number of aromatic nitrogens is 2. The first-order valence-electron chi connectivity index (χ1n) is 11.2. The van der Waals surface area contributed by atoms with Crippen molar-refractivity contribution in [3.63, 3.8) is 0 Å². The van der Waals surface area contributed by atoms with Gasteiger partial charge in [0.1, 0.15) is 5.82 Å². The van der Waals surface area contributed by atoms with Gasteiger partial charge in [0.05, 0.1) is 23.9 Å². The molecule has 2 N–H and O–H groups in total. The highest BCUT2D eigenvalue weighted by atomic mass is 19.4. The highest BCUT2D eigenvalue weighted by Gasteiger charge is 2.48. The number of para-hydroxylation sites is 1. The molecule has 36 heavy (non-hydrogen) atoms. The Bertz CT molecular complexity index is 1270. The maximum absolute atomic E-state index is 14.5. The van der Waals surface area contributed by atoms with Crippen molar-refractivity contribution in [1.29, 1.82) is 0 Å². The SMILES string of the molecule is CC(C)(OCc1cc(F)cc(-c2cc(NC(=O)[C@@H]3CNC(=O)C3)nn2-c2ccccc2)c1)C(F)(F)F. The summed E-state index contributed by atoms with van der Waals surface area (Å²) < 4.78 is 60.6. The predicted molar refractivity (Wildman–Crippen MR) is 124 cm³/mol. The smallest absolute Gasteiger partial charge is 0.361 e. The number of carbonyl (C=O) groups is 2. The van der Waals surface area contributed by atoms with Gasteiger partial charge in [0, 0.05) is 24.6 Å². The lowest BCUT2D eigenvalue weighted by Gasteiger charge is -2.28. The summed E-state index contributed by atoms with van der Waals surface area (Å²) in [4.78, 5) is 24.1. The molecule has 2 amide bonds. The summed E-state index contributed by atoms with van der Waals surface area (Å²) in [6, 6.07) is 14.3. The van der Waals surface area contributed by atoms with Crippen LogP contribution in [-0.4, -0.2) is 39.9 Å². The minimum atomic E-state index is -4.60. The Morgan fingerprint density at radius 3 is 2.53 bits per heavy atom. The molecule has 0 aliphatic carbocycles. The monoisotopic (exact) mass is 504 g/mol. The van der Waals surface area contributed by atoms with Crippen LogP contribution in [-0.2, 0) is 20.9 Å². The number of benzene rings is 2. The first-order valence-corrected chi connectivity index (χ1v) is 11.2. The number of ether oxygens (including phenoxy) is 1. The fourth-order valence-corrected chi connectivity index (χ4v) is 3.66. The molecule has 2 heterocycles. The first-order chi connectivity index (χ1) is 16.9. The zero-order valence-corrected chi connectivity index (χ0v) is 19.5. The molecule has 7 nitrogen and oxygen atoms in total. The summed E-state index contributed by atoms with van der Waals surface area (Å²) in [6.07, 6.45) is -4.53. The van der Waals surface area contributed by atoms with Crippen LogP contribution >= 0.6 is 0 Å². The number of nitrogens with one attached hydrogen (secondary N) is 2. The van der Waals surface area contributed by atoms with E-state index >= 15 is 0 Å². The van der Waals surface area contributed by atoms with E-state index < -0.39 is 30.1 Å². The number of anilines is 1. The number of nitrogens with zero attached hydrogens (tertiary/aromatic N) is 2. The van der Waals surface area contributed by atoms with Crippen LogP contribution in [0.15, 0.2) is 54.6 Å². The Morgan fingerprint density at radius 1 is 1.17 bits per heavy atom. The van der Waals surface area contributed by atoms with E-state index in [9.17, 15) is 27.2 Å². The molecule has 3 aromatic rings. The number of hydrogen-bond donors (Lipinski definition) is 2. The third-order valence-corrected chi connectivity index (χ3v) is 5.85. The normalized spacial score (nSPS) is 16.2. The van der Waals surface area contributed by atoms with Crippen molar-refractivity contribution >= 4 is 17.6 Å². The van der Waals surface area contributed by atoms with Gasteiger partial charge in [-0.15, -0.1) is 5.10 Å². The molecule has 0 spiro atoms. The number of carbonyl (C=O) groups excluding carboxylic acids is 2. The maximum atomic E-state index is 14.5. The van der Waals surface area contributed by atoms with Crippen molar-refractivity contribution in [3.8, 4) is 16.9 Å². The number of hydrogen-bond acceptors (Lipinski definition) is 4. The van der Waals surface area contributed by atoms with Crippen molar-refractivity contribution in [1.82, 2.24) is 15.1 Å². The molecule has 1 aliphatic rings. The fourth-order valence-electron chi connectivity index (χ4n) is 3.66. The Labute approximate surface area is 204 Å². The Balaban J connectivity index is 1.67. The van der Waals surface area contributed by atoms with E-state index in [1.54, 1.807) is 30.3 Å². The summed E-state index contributed by atoms with van der Waals surface area (Å²) in [7, 11) is 0. The van der Waals surface area contributed by atoms with Crippen LogP contribution in [0.3, 0.4) is 0 Å². The average molecular weight is 504 g/mol. The van der Waals surface area contributed by atoms with E-state index in [-0.39, 0.29) is 36.2 Å². The van der Waals surface area contributed by atoms with Crippen LogP contribution in [0.2, 0.25) is 0 Å². The van der Waals surface area contributed by atoms with Crippen LogP contribution in [0, 0.1) is 11.7 Å². The van der Waals surface area contributed by atoms with E-state index in [1.165, 1.54) is 22.9 Å². The summed E-state index contributed by atoms with van der Waals surface area (Å²) in [6.45, 7) is 1.56. The Hall–Kier alpha value is -3.73. The molecule has 0 bridgehead atoms. The molecule has 0 saturated carbocycles. The van der Waals surface area contributed by atoms with Gasteiger partial charge < -0.3 is 15.4 Å². The molecule has 1 aromatic heterocycles. The van der Waals surface area contributed by atoms with Gasteiger partial charge in [0.15, 0.2) is 11.4 Å². The van der Waals surface area contributed by atoms with Gasteiger partial charge in [0.25, 0.3) is 0 Å². The van der Waals surface area contributed by atoms with Gasteiger partial charge in [0.2, 0.25) is 11.8 Å². The van der Waals surface area contributed by atoms with Gasteiger partial charge in [-0.1, -0.05) is 18.2 Å². The third-order valence-electron chi connectivity index (χ3n) is 5.85. The molecule has 1 atom stereocenters. The summed E-state index contributed by atoms with van der Waals surface area (Å²) >= 11 is 0. The van der Waals surface area contributed by atoms with Gasteiger partial charge in [-0.05, 0) is 49.7 Å². The molecule has 0 radical (unpaired) electrons. The van der Waals surface area contributed by atoms with Crippen LogP contribution < -0.4 is 10.6 Å². The van der Waals surface area contributed by atoms with E-state index in [4.69, 9.17) is 4.74 Å². The lowest BCUT2D eigenvalue weighted by molar-refractivity contribution is -0.267. The Kier molecular flexibility index (Phi) is 6.85. The first kappa shape index (κ1) is 25.4. The molecule has 4 rings (SSSR count). The van der Waals surface area contributed by atoms with Crippen molar-refractivity contribution in [3.05, 3.63) is 66.0 Å². The second-order valence-electron chi connectivity index (χ2n) is 9.00. The van der Waals surface area contributed by atoms with Crippen LogP contribution in [0.1, 0.15) is 25.8 Å². The molecule has 2 aromatic carbocycles. The zero-order chi connectivity index (χ0) is 26.1. The van der Waals surface area contributed by atoms with Crippen LogP contribution in [0.4, 0.5) is 23.4 Å². The van der Waals surface area contributed by atoms with E-state index in [0.717, 1.165) is 19.9 Å². The van der Waals surface area contributed by atoms with E-state index in [0.29, 0.717) is 16.9 Å². The zero-order valence-electron chi connectivity index (χ0n) is 19.5. The lowest BCUT2D eigenvalue weighted by Crippen LogP contribution is -2.41.